The van der Waals surface area contributed by atoms with Gasteiger partial charge in [0, 0.05) is 18.9 Å². The van der Waals surface area contributed by atoms with Gasteiger partial charge in [-0.25, -0.2) is 0 Å². The molecule has 0 unspecified atom stereocenters. The number of hydrogen-bond acceptors (Lipinski definition) is 6. The summed E-state index contributed by atoms with van der Waals surface area (Å²) >= 11 is 0. The molecule has 0 atom stereocenters. The number of nitrogens with two attached hydrogens (primary N) is 1. The minimum Gasteiger partial charge on any atom is -0.368 e. The summed E-state index contributed by atoms with van der Waals surface area (Å²) < 4.78 is 0. The summed E-state index contributed by atoms with van der Waals surface area (Å²) in [5.41, 5.74) is 10.7. The first-order valence-electron chi connectivity index (χ1n) is 8.00. The molecule has 0 saturated carbocycles. The Kier molecular flexibility index (Phi) is 3.57. The molecular weight excluding hydrogens is 312 g/mol. The van der Waals surface area contributed by atoms with Gasteiger partial charge in [-0.1, -0.05) is 30.3 Å². The van der Waals surface area contributed by atoms with Crippen LogP contribution in [-0.2, 0) is 0 Å². The monoisotopic (exact) mass is 330 g/mol. The number of anilines is 5. The van der Waals surface area contributed by atoms with E-state index in [1.807, 2.05) is 48.3 Å². The van der Waals surface area contributed by atoms with Gasteiger partial charge < -0.3 is 16.0 Å². The topological polar surface area (TPSA) is 79.4 Å². The Balaban J connectivity index is 1.87. The minimum atomic E-state index is 0.217. The quantitative estimate of drug-likeness (QED) is 0.582. The number of nitrogens with zero attached hydrogens (tertiary/aromatic N) is 4. The number of rotatable bonds is 2. The lowest BCUT2D eigenvalue weighted by molar-refractivity contribution is 1.08. The number of hydrogen-bond donors (Lipinski definition) is 2. The van der Waals surface area contributed by atoms with Gasteiger partial charge in [0.2, 0.25) is 5.95 Å². The molecule has 124 valence electrons. The highest BCUT2D eigenvalue weighted by Crippen LogP contribution is 2.36. The van der Waals surface area contributed by atoms with Crippen LogP contribution in [0.2, 0.25) is 0 Å². The smallest absolute Gasteiger partial charge is 0.224 e. The Labute approximate surface area is 146 Å². The summed E-state index contributed by atoms with van der Waals surface area (Å²) in [7, 11) is 1.97. The van der Waals surface area contributed by atoms with E-state index in [9.17, 15) is 0 Å². The van der Waals surface area contributed by atoms with Crippen molar-refractivity contribution < 1.29 is 0 Å². The molecule has 6 nitrogen and oxygen atoms in total. The van der Waals surface area contributed by atoms with Crippen molar-refractivity contribution in [1.82, 2.24) is 9.97 Å². The predicted octanol–water partition coefficient (Wildman–Crippen LogP) is 3.94. The molecule has 0 amide bonds. The van der Waals surface area contributed by atoms with Gasteiger partial charge in [-0.05, 0) is 30.7 Å². The molecule has 1 aromatic heterocycles. The Morgan fingerprint density at radius 3 is 2.60 bits per heavy atom. The first-order chi connectivity index (χ1) is 12.1. The van der Waals surface area contributed by atoms with Crippen LogP contribution in [-0.4, -0.2) is 23.2 Å². The van der Waals surface area contributed by atoms with E-state index in [-0.39, 0.29) is 5.95 Å². The number of benzene rings is 2. The van der Waals surface area contributed by atoms with Crippen LogP contribution >= 0.6 is 0 Å². The Bertz CT molecular complexity index is 979. The molecule has 4 rings (SSSR count). The molecular formula is C19H18N6. The Morgan fingerprint density at radius 2 is 1.76 bits per heavy atom. The van der Waals surface area contributed by atoms with Crippen LogP contribution in [0.25, 0.3) is 0 Å². The van der Waals surface area contributed by atoms with E-state index < -0.39 is 0 Å². The van der Waals surface area contributed by atoms with Crippen LogP contribution in [0.3, 0.4) is 0 Å². The fraction of sp³-hybridized carbons (Fsp3) is 0.105. The highest BCUT2D eigenvalue weighted by atomic mass is 15.2. The Morgan fingerprint density at radius 1 is 1.00 bits per heavy atom. The number of aromatic nitrogens is 2. The van der Waals surface area contributed by atoms with Gasteiger partial charge in [0.05, 0.1) is 16.9 Å². The van der Waals surface area contributed by atoms with Crippen LogP contribution in [0.15, 0.2) is 53.5 Å². The van der Waals surface area contributed by atoms with E-state index in [0.717, 1.165) is 28.2 Å². The second-order valence-corrected chi connectivity index (χ2v) is 5.91. The molecule has 3 aromatic rings. The third-order valence-electron chi connectivity index (χ3n) is 4.23. The lowest BCUT2D eigenvalue weighted by atomic mass is 10.1. The summed E-state index contributed by atoms with van der Waals surface area (Å²) in [6.07, 6.45) is 1.79. The third kappa shape index (κ3) is 2.67. The van der Waals surface area contributed by atoms with Gasteiger partial charge in [-0.3, -0.25) is 4.99 Å². The van der Waals surface area contributed by atoms with Crippen molar-refractivity contribution in [2.75, 3.05) is 23.0 Å². The SMILES string of the molecule is Cc1ccccc1N(C)c1nc(N)nc2c1C=Nc1ccccc1N2. The summed E-state index contributed by atoms with van der Waals surface area (Å²) in [5, 5.41) is 3.32. The van der Waals surface area contributed by atoms with E-state index in [1.54, 1.807) is 6.21 Å². The van der Waals surface area contributed by atoms with Crippen molar-refractivity contribution in [2.24, 2.45) is 4.99 Å². The summed E-state index contributed by atoms with van der Waals surface area (Å²) in [6.45, 7) is 2.07. The lowest BCUT2D eigenvalue weighted by Gasteiger charge is -2.23. The average Bonchev–Trinajstić information content (AvgIpc) is 2.80. The van der Waals surface area contributed by atoms with Gasteiger partial charge in [0.15, 0.2) is 0 Å². The van der Waals surface area contributed by atoms with Crippen molar-refractivity contribution in [1.29, 1.82) is 0 Å². The van der Waals surface area contributed by atoms with Crippen molar-refractivity contribution >= 4 is 40.9 Å². The van der Waals surface area contributed by atoms with E-state index in [1.165, 1.54) is 0 Å². The van der Waals surface area contributed by atoms with E-state index in [2.05, 4.69) is 39.3 Å². The number of para-hydroxylation sites is 3. The summed E-state index contributed by atoms with van der Waals surface area (Å²) in [4.78, 5) is 15.4. The fourth-order valence-electron chi connectivity index (χ4n) is 2.95. The van der Waals surface area contributed by atoms with Gasteiger partial charge in [0.1, 0.15) is 11.6 Å². The number of aliphatic imine (C=N–C) groups is 1. The second kappa shape index (κ2) is 5.90. The molecule has 1 aliphatic rings. The van der Waals surface area contributed by atoms with Crippen LogP contribution in [0.4, 0.5) is 34.6 Å². The molecule has 2 aromatic carbocycles. The molecule has 1 aliphatic heterocycles. The zero-order chi connectivity index (χ0) is 17.4. The number of nitrogen functional groups attached to an aromatic ring is 1. The van der Waals surface area contributed by atoms with Crippen molar-refractivity contribution in [3.63, 3.8) is 0 Å². The highest BCUT2D eigenvalue weighted by molar-refractivity contribution is 5.99. The zero-order valence-corrected chi connectivity index (χ0v) is 14.1. The molecule has 0 radical (unpaired) electrons. The fourth-order valence-corrected chi connectivity index (χ4v) is 2.95. The first kappa shape index (κ1) is 15.1. The lowest BCUT2D eigenvalue weighted by Crippen LogP contribution is -2.17. The number of nitrogens with one attached hydrogen (secondary N) is 1. The van der Waals surface area contributed by atoms with Crippen LogP contribution in [0.5, 0.6) is 0 Å². The standard InChI is InChI=1S/C19H18N6/c1-12-7-3-6-10-16(12)25(2)18-13-11-21-14-8-4-5-9-15(14)22-17(13)23-19(20)24-18/h3-11H,1-2H3,(H3,20,22,23,24). The summed E-state index contributed by atoms with van der Waals surface area (Å²) in [6, 6.07) is 16.0. The third-order valence-corrected chi connectivity index (χ3v) is 4.23. The minimum absolute atomic E-state index is 0.217. The van der Waals surface area contributed by atoms with Crippen LogP contribution in [0, 0.1) is 6.92 Å². The number of aryl methyl sites for hydroxylation is 1. The molecule has 3 N–H and O–H groups in total. The zero-order valence-electron chi connectivity index (χ0n) is 14.1. The normalized spacial score (nSPS) is 11.9. The highest BCUT2D eigenvalue weighted by Gasteiger charge is 2.20. The maximum absolute atomic E-state index is 5.97. The molecule has 0 bridgehead atoms. The molecule has 2 heterocycles. The number of fused-ring (bicyclic) bond motifs is 2. The maximum Gasteiger partial charge on any atom is 0.224 e. The Hall–Kier alpha value is -3.41. The van der Waals surface area contributed by atoms with Gasteiger partial charge >= 0.3 is 0 Å². The van der Waals surface area contributed by atoms with Gasteiger partial charge in [-0.2, -0.15) is 9.97 Å². The van der Waals surface area contributed by atoms with Gasteiger partial charge in [0.25, 0.3) is 0 Å². The van der Waals surface area contributed by atoms with Gasteiger partial charge in [-0.15, -0.1) is 0 Å². The average molecular weight is 330 g/mol. The van der Waals surface area contributed by atoms with Crippen molar-refractivity contribution in [2.45, 2.75) is 6.92 Å². The molecule has 0 saturated heterocycles. The largest absolute Gasteiger partial charge is 0.368 e. The molecule has 0 spiro atoms. The van der Waals surface area contributed by atoms with E-state index in [4.69, 9.17) is 5.73 Å². The maximum atomic E-state index is 5.97. The predicted molar refractivity (Wildman–Crippen MR) is 103 cm³/mol. The first-order valence-corrected chi connectivity index (χ1v) is 8.00. The molecule has 25 heavy (non-hydrogen) atoms. The molecule has 6 heteroatoms. The second-order valence-electron chi connectivity index (χ2n) is 5.91. The van der Waals surface area contributed by atoms with Crippen LogP contribution < -0.4 is 16.0 Å². The van der Waals surface area contributed by atoms with E-state index >= 15 is 0 Å². The van der Waals surface area contributed by atoms with Crippen LogP contribution in [0.1, 0.15) is 11.1 Å². The summed E-state index contributed by atoms with van der Waals surface area (Å²) in [5.74, 6) is 1.58. The van der Waals surface area contributed by atoms with Crippen molar-refractivity contribution in [3.05, 3.63) is 59.7 Å². The van der Waals surface area contributed by atoms with E-state index in [0.29, 0.717) is 11.6 Å². The molecule has 0 fully saturated rings. The van der Waals surface area contributed by atoms with Crippen molar-refractivity contribution in [3.8, 4) is 0 Å². The molecule has 0 aliphatic carbocycles.